The van der Waals surface area contributed by atoms with Gasteiger partial charge in [0, 0.05) is 25.5 Å². The van der Waals surface area contributed by atoms with Crippen LogP contribution in [0.5, 0.6) is 0 Å². The van der Waals surface area contributed by atoms with Gasteiger partial charge in [-0.05, 0) is 36.3 Å². The number of carboxylic acids is 1. The summed E-state index contributed by atoms with van der Waals surface area (Å²) in [5, 5.41) is 22.4. The summed E-state index contributed by atoms with van der Waals surface area (Å²) < 4.78 is 0. The van der Waals surface area contributed by atoms with Crippen LogP contribution in [-0.4, -0.2) is 35.0 Å². The summed E-state index contributed by atoms with van der Waals surface area (Å²) in [5.74, 6) is -1.41. The minimum Gasteiger partial charge on any atom is -0.550 e. The quantitative estimate of drug-likeness (QED) is 0.844. The van der Waals surface area contributed by atoms with Crippen LogP contribution >= 0.6 is 0 Å². The molecule has 1 fully saturated rings. The molecule has 0 radical (unpaired) electrons. The minimum atomic E-state index is -1.21. The Kier molecular flexibility index (Phi) is 5.91. The Morgan fingerprint density at radius 2 is 1.41 bits per heavy atom. The highest BCUT2D eigenvalue weighted by Gasteiger charge is 2.41. The molecule has 2 aromatic rings. The lowest BCUT2D eigenvalue weighted by molar-refractivity contribution is -0.305. The number of nitrogens with zero attached hydrogens (tertiary/aromatic N) is 1. The van der Waals surface area contributed by atoms with Crippen molar-refractivity contribution in [3.63, 3.8) is 0 Å². The van der Waals surface area contributed by atoms with Crippen molar-refractivity contribution in [1.29, 1.82) is 0 Å². The summed E-state index contributed by atoms with van der Waals surface area (Å²) in [4.78, 5) is 24.4. The summed E-state index contributed by atoms with van der Waals surface area (Å²) in [7, 11) is 0. The second-order valence-electron chi connectivity index (χ2n) is 7.03. The van der Waals surface area contributed by atoms with Gasteiger partial charge in [-0.1, -0.05) is 60.7 Å². The average molecular weight is 366 g/mol. The third-order valence-corrected chi connectivity index (χ3v) is 5.41. The van der Waals surface area contributed by atoms with Gasteiger partial charge in [0.15, 0.2) is 0 Å². The Morgan fingerprint density at radius 3 is 1.85 bits per heavy atom. The van der Waals surface area contributed by atoms with Crippen molar-refractivity contribution in [3.8, 4) is 0 Å². The lowest BCUT2D eigenvalue weighted by atomic mass is 9.72. The summed E-state index contributed by atoms with van der Waals surface area (Å²) >= 11 is 0. The molecule has 0 saturated carbocycles. The number of hydrogen-bond donors (Lipinski definition) is 1. The van der Waals surface area contributed by atoms with E-state index in [0.717, 1.165) is 11.1 Å². The molecule has 1 aliphatic rings. The first kappa shape index (κ1) is 19.1. The van der Waals surface area contributed by atoms with Crippen LogP contribution in [-0.2, 0) is 15.2 Å². The van der Waals surface area contributed by atoms with Crippen molar-refractivity contribution in [2.75, 3.05) is 13.1 Å². The molecule has 27 heavy (non-hydrogen) atoms. The highest BCUT2D eigenvalue weighted by atomic mass is 16.4. The molecule has 0 unspecified atom stereocenters. The van der Waals surface area contributed by atoms with Crippen LogP contribution in [0.15, 0.2) is 60.7 Å². The Bertz CT molecular complexity index is 728. The van der Waals surface area contributed by atoms with Gasteiger partial charge < -0.3 is 19.9 Å². The number of benzene rings is 2. The zero-order valence-electron chi connectivity index (χ0n) is 15.2. The van der Waals surface area contributed by atoms with Crippen LogP contribution in [0.3, 0.4) is 0 Å². The number of rotatable bonds is 6. The Hall–Kier alpha value is -2.66. The van der Waals surface area contributed by atoms with Crippen LogP contribution in [0.1, 0.15) is 36.8 Å². The van der Waals surface area contributed by atoms with Crippen molar-refractivity contribution in [3.05, 3.63) is 71.8 Å². The fourth-order valence-corrected chi connectivity index (χ4v) is 3.94. The third-order valence-electron chi connectivity index (χ3n) is 5.41. The lowest BCUT2D eigenvalue weighted by Gasteiger charge is -2.42. The number of carbonyl (C=O) groups is 2. The molecule has 3 rings (SSSR count). The molecule has 0 atom stereocenters. The monoisotopic (exact) mass is 366 g/mol. The van der Waals surface area contributed by atoms with Crippen molar-refractivity contribution in [2.24, 2.45) is 5.92 Å². The molecule has 5 heteroatoms. The topological polar surface area (TPSA) is 80.7 Å². The van der Waals surface area contributed by atoms with E-state index in [1.54, 1.807) is 4.90 Å². The van der Waals surface area contributed by atoms with Crippen molar-refractivity contribution in [1.82, 2.24) is 4.90 Å². The predicted octanol–water partition coefficient (Wildman–Crippen LogP) is 1.69. The maximum atomic E-state index is 12.2. The number of carbonyl (C=O) groups excluding carboxylic acids is 2. The van der Waals surface area contributed by atoms with E-state index in [4.69, 9.17) is 0 Å². The second-order valence-corrected chi connectivity index (χ2v) is 7.03. The Morgan fingerprint density at radius 1 is 0.926 bits per heavy atom. The molecule has 0 spiro atoms. The van der Waals surface area contributed by atoms with E-state index in [1.807, 2.05) is 60.7 Å². The highest BCUT2D eigenvalue weighted by molar-refractivity contribution is 5.80. The number of likely N-dealkylation sites (tertiary alicyclic amines) is 1. The Balaban J connectivity index is 1.78. The first-order valence-corrected chi connectivity index (χ1v) is 9.33. The summed E-state index contributed by atoms with van der Waals surface area (Å²) in [6, 6.07) is 19.3. The zero-order chi connectivity index (χ0) is 19.3. The number of aliphatic hydroxyl groups is 1. The number of piperidine rings is 1. The van der Waals surface area contributed by atoms with Crippen molar-refractivity contribution < 1.29 is 19.8 Å². The highest BCUT2D eigenvalue weighted by Crippen LogP contribution is 2.41. The molecule has 1 N–H and O–H groups in total. The molecular formula is C22H24NO4-. The van der Waals surface area contributed by atoms with E-state index in [9.17, 15) is 19.8 Å². The van der Waals surface area contributed by atoms with Gasteiger partial charge in [0.1, 0.15) is 5.60 Å². The lowest BCUT2D eigenvalue weighted by Crippen LogP contribution is -2.46. The van der Waals surface area contributed by atoms with E-state index in [1.165, 1.54) is 0 Å². The molecule has 1 amide bonds. The van der Waals surface area contributed by atoms with Crippen LogP contribution < -0.4 is 5.11 Å². The first-order chi connectivity index (χ1) is 13.0. The fraction of sp³-hybridized carbons (Fsp3) is 0.364. The SMILES string of the molecule is O=C([O-])CCC(=O)N1CCC(C(O)(c2ccccc2)c2ccccc2)CC1. The van der Waals surface area contributed by atoms with Gasteiger partial charge in [-0.15, -0.1) is 0 Å². The number of hydrogen-bond acceptors (Lipinski definition) is 4. The molecule has 0 aromatic heterocycles. The molecular weight excluding hydrogens is 342 g/mol. The maximum Gasteiger partial charge on any atom is 0.222 e. The van der Waals surface area contributed by atoms with Gasteiger partial charge >= 0.3 is 0 Å². The van der Waals surface area contributed by atoms with E-state index in [0.29, 0.717) is 25.9 Å². The molecule has 1 saturated heterocycles. The van der Waals surface area contributed by atoms with Gasteiger partial charge in [0.25, 0.3) is 0 Å². The van der Waals surface area contributed by atoms with Gasteiger partial charge in [-0.3, -0.25) is 4.79 Å². The fourth-order valence-electron chi connectivity index (χ4n) is 3.94. The summed E-state index contributed by atoms with van der Waals surface area (Å²) in [5.41, 5.74) is 0.568. The maximum absolute atomic E-state index is 12.2. The zero-order valence-corrected chi connectivity index (χ0v) is 15.2. The standard InChI is InChI=1S/C22H25NO4/c24-20(11-12-21(25)26)23-15-13-19(14-16-23)22(27,17-7-3-1-4-8-17)18-9-5-2-6-10-18/h1-10,19,27H,11-16H2,(H,25,26)/p-1. The molecule has 0 bridgehead atoms. The normalized spacial score (nSPS) is 15.5. The van der Waals surface area contributed by atoms with Crippen molar-refractivity contribution >= 4 is 11.9 Å². The number of amides is 1. The van der Waals surface area contributed by atoms with Crippen LogP contribution in [0.2, 0.25) is 0 Å². The molecule has 1 aliphatic heterocycles. The second kappa shape index (κ2) is 8.35. The van der Waals surface area contributed by atoms with Crippen LogP contribution in [0.4, 0.5) is 0 Å². The molecule has 0 aliphatic carbocycles. The van der Waals surface area contributed by atoms with Crippen molar-refractivity contribution in [2.45, 2.75) is 31.3 Å². The molecule has 5 nitrogen and oxygen atoms in total. The third kappa shape index (κ3) is 4.19. The minimum absolute atomic E-state index is 0.0331. The van der Waals surface area contributed by atoms with E-state index in [-0.39, 0.29) is 24.7 Å². The van der Waals surface area contributed by atoms with E-state index < -0.39 is 11.6 Å². The Labute approximate surface area is 159 Å². The smallest absolute Gasteiger partial charge is 0.222 e. The molecule has 1 heterocycles. The number of aliphatic carboxylic acids is 1. The molecule has 2 aromatic carbocycles. The van der Waals surface area contributed by atoms with Gasteiger partial charge in [-0.25, -0.2) is 0 Å². The van der Waals surface area contributed by atoms with Crippen LogP contribution in [0.25, 0.3) is 0 Å². The van der Waals surface area contributed by atoms with Gasteiger partial charge in [-0.2, -0.15) is 0 Å². The van der Waals surface area contributed by atoms with E-state index in [2.05, 4.69) is 0 Å². The number of carboxylic acid groups (broad SMARTS) is 1. The summed E-state index contributed by atoms with van der Waals surface area (Å²) in [6.45, 7) is 1.02. The van der Waals surface area contributed by atoms with Gasteiger partial charge in [0.05, 0.1) is 0 Å². The largest absolute Gasteiger partial charge is 0.550 e. The average Bonchev–Trinajstić information content (AvgIpc) is 2.72. The molecule has 142 valence electrons. The van der Waals surface area contributed by atoms with Gasteiger partial charge in [0.2, 0.25) is 5.91 Å². The summed E-state index contributed by atoms with van der Waals surface area (Å²) in [6.07, 6.45) is 1.01. The van der Waals surface area contributed by atoms with Crippen LogP contribution in [0, 0.1) is 5.92 Å². The van der Waals surface area contributed by atoms with E-state index >= 15 is 0 Å². The predicted molar refractivity (Wildman–Crippen MR) is 99.4 cm³/mol. The first-order valence-electron chi connectivity index (χ1n) is 9.33.